The molecule has 5 nitrogen and oxygen atoms in total. The molecule has 1 unspecified atom stereocenters. The van der Waals surface area contributed by atoms with Crippen LogP contribution in [0.5, 0.6) is 0 Å². The minimum Gasteiger partial charge on any atom is -0.398 e. The topological polar surface area (TPSA) is 74.2 Å². The first kappa shape index (κ1) is 11.5. The maximum absolute atomic E-state index is 5.88. The van der Waals surface area contributed by atoms with Crippen molar-refractivity contribution in [2.45, 2.75) is 12.3 Å². The van der Waals surface area contributed by atoms with E-state index in [-0.39, 0.29) is 5.92 Å². The molecule has 0 aliphatic carbocycles. The van der Waals surface area contributed by atoms with Crippen molar-refractivity contribution in [2.24, 2.45) is 0 Å². The molecule has 1 aromatic carbocycles. The largest absolute Gasteiger partial charge is 0.398 e. The van der Waals surface area contributed by atoms with E-state index in [1.165, 1.54) is 0 Å². The van der Waals surface area contributed by atoms with Gasteiger partial charge in [0.2, 0.25) is 0 Å². The molecule has 1 fully saturated rings. The SMILES string of the molecule is Nc1cc(Cl)ccc1-c1nc(C2CCOC2)no1. The molecule has 1 aliphatic heterocycles. The van der Waals surface area contributed by atoms with Crippen LogP contribution < -0.4 is 5.73 Å². The molecule has 0 spiro atoms. The van der Waals surface area contributed by atoms with E-state index in [1.54, 1.807) is 18.2 Å². The lowest BCUT2D eigenvalue weighted by molar-refractivity contribution is 0.192. The maximum atomic E-state index is 5.88. The van der Waals surface area contributed by atoms with Crippen molar-refractivity contribution in [1.29, 1.82) is 0 Å². The van der Waals surface area contributed by atoms with E-state index in [0.29, 0.717) is 34.6 Å². The van der Waals surface area contributed by atoms with E-state index in [4.69, 9.17) is 26.6 Å². The summed E-state index contributed by atoms with van der Waals surface area (Å²) in [6.45, 7) is 1.40. The van der Waals surface area contributed by atoms with Crippen LogP contribution >= 0.6 is 11.6 Å². The fourth-order valence-electron chi connectivity index (χ4n) is 1.98. The Bertz CT molecular complexity index is 564. The number of nitrogens with zero attached hydrogens (tertiary/aromatic N) is 2. The smallest absolute Gasteiger partial charge is 0.260 e. The average molecular weight is 266 g/mol. The molecule has 3 rings (SSSR count). The molecule has 2 aromatic rings. The predicted octanol–water partition coefficient (Wildman–Crippen LogP) is 2.48. The first-order valence-electron chi connectivity index (χ1n) is 5.71. The molecule has 0 radical (unpaired) electrons. The normalized spacial score (nSPS) is 19.3. The highest BCUT2D eigenvalue weighted by Crippen LogP contribution is 2.29. The zero-order valence-corrected chi connectivity index (χ0v) is 10.4. The lowest BCUT2D eigenvalue weighted by Crippen LogP contribution is -1.99. The summed E-state index contributed by atoms with van der Waals surface area (Å²) in [5.41, 5.74) is 7.11. The monoisotopic (exact) mass is 265 g/mol. The van der Waals surface area contributed by atoms with Crippen LogP contribution in [0, 0.1) is 0 Å². The Morgan fingerprint density at radius 3 is 3.00 bits per heavy atom. The van der Waals surface area contributed by atoms with Gasteiger partial charge < -0.3 is 15.0 Å². The second-order valence-electron chi connectivity index (χ2n) is 4.25. The summed E-state index contributed by atoms with van der Waals surface area (Å²) in [4.78, 5) is 4.37. The van der Waals surface area contributed by atoms with E-state index in [1.807, 2.05) is 0 Å². The molecule has 0 saturated carbocycles. The number of hydrogen-bond acceptors (Lipinski definition) is 5. The van der Waals surface area contributed by atoms with Crippen molar-refractivity contribution in [3.05, 3.63) is 29.0 Å². The van der Waals surface area contributed by atoms with Gasteiger partial charge in [-0.05, 0) is 24.6 Å². The van der Waals surface area contributed by atoms with Gasteiger partial charge in [-0.15, -0.1) is 0 Å². The van der Waals surface area contributed by atoms with E-state index in [2.05, 4.69) is 10.1 Å². The number of nitrogens with two attached hydrogens (primary N) is 1. The molecule has 94 valence electrons. The molecule has 0 amide bonds. The lowest BCUT2D eigenvalue weighted by Gasteiger charge is -2.00. The predicted molar refractivity (Wildman–Crippen MR) is 67.3 cm³/mol. The number of rotatable bonds is 2. The van der Waals surface area contributed by atoms with E-state index < -0.39 is 0 Å². The van der Waals surface area contributed by atoms with Crippen LogP contribution in [-0.2, 0) is 4.74 Å². The molecule has 1 saturated heterocycles. The van der Waals surface area contributed by atoms with Gasteiger partial charge in [0.15, 0.2) is 5.82 Å². The van der Waals surface area contributed by atoms with Gasteiger partial charge in [-0.2, -0.15) is 4.98 Å². The fourth-order valence-corrected chi connectivity index (χ4v) is 2.16. The summed E-state index contributed by atoms with van der Waals surface area (Å²) < 4.78 is 10.5. The van der Waals surface area contributed by atoms with Crippen molar-refractivity contribution in [3.8, 4) is 11.5 Å². The average Bonchev–Trinajstić information content (AvgIpc) is 2.99. The van der Waals surface area contributed by atoms with Gasteiger partial charge in [0.05, 0.1) is 12.2 Å². The highest BCUT2D eigenvalue weighted by molar-refractivity contribution is 6.31. The van der Waals surface area contributed by atoms with Crippen LogP contribution in [0.2, 0.25) is 5.02 Å². The Balaban J connectivity index is 1.92. The third-order valence-corrected chi connectivity index (χ3v) is 3.22. The number of aromatic nitrogens is 2. The number of halogens is 1. The zero-order chi connectivity index (χ0) is 12.5. The first-order chi connectivity index (χ1) is 8.74. The molecule has 2 heterocycles. The Morgan fingerprint density at radius 1 is 1.39 bits per heavy atom. The molecule has 1 aliphatic rings. The van der Waals surface area contributed by atoms with Crippen LogP contribution in [0.4, 0.5) is 5.69 Å². The molecule has 2 N–H and O–H groups in total. The number of anilines is 1. The zero-order valence-electron chi connectivity index (χ0n) is 9.60. The van der Waals surface area contributed by atoms with Crippen molar-refractivity contribution < 1.29 is 9.26 Å². The van der Waals surface area contributed by atoms with Crippen LogP contribution in [0.15, 0.2) is 22.7 Å². The summed E-state index contributed by atoms with van der Waals surface area (Å²) in [5.74, 6) is 1.32. The fraction of sp³-hybridized carbons (Fsp3) is 0.333. The summed E-state index contributed by atoms with van der Waals surface area (Å²) in [6.07, 6.45) is 0.926. The standard InChI is InChI=1S/C12H12ClN3O2/c13-8-1-2-9(10(14)5-8)12-15-11(16-18-12)7-3-4-17-6-7/h1-2,5,7H,3-4,6,14H2. The Kier molecular flexibility index (Phi) is 2.93. The number of ether oxygens (including phenoxy) is 1. The first-order valence-corrected chi connectivity index (χ1v) is 6.08. The molecule has 0 bridgehead atoms. The summed E-state index contributed by atoms with van der Waals surface area (Å²) in [6, 6.07) is 5.19. The second-order valence-corrected chi connectivity index (χ2v) is 4.69. The number of hydrogen-bond donors (Lipinski definition) is 1. The van der Waals surface area contributed by atoms with Crippen molar-refractivity contribution in [3.63, 3.8) is 0 Å². The van der Waals surface area contributed by atoms with Crippen molar-refractivity contribution in [2.75, 3.05) is 18.9 Å². The Labute approximate surface area is 109 Å². The van der Waals surface area contributed by atoms with Gasteiger partial charge >= 0.3 is 0 Å². The molecular formula is C12H12ClN3O2. The van der Waals surface area contributed by atoms with Gasteiger partial charge in [-0.3, -0.25) is 0 Å². The van der Waals surface area contributed by atoms with Crippen molar-refractivity contribution >= 4 is 17.3 Å². The highest BCUT2D eigenvalue weighted by atomic mass is 35.5. The van der Waals surface area contributed by atoms with Crippen LogP contribution in [0.25, 0.3) is 11.5 Å². The van der Waals surface area contributed by atoms with Crippen LogP contribution in [0.1, 0.15) is 18.2 Å². The third-order valence-electron chi connectivity index (χ3n) is 2.98. The quantitative estimate of drug-likeness (QED) is 0.845. The summed E-state index contributed by atoms with van der Waals surface area (Å²) >= 11 is 5.85. The van der Waals surface area contributed by atoms with E-state index in [0.717, 1.165) is 13.0 Å². The van der Waals surface area contributed by atoms with Crippen molar-refractivity contribution in [1.82, 2.24) is 10.1 Å². The van der Waals surface area contributed by atoms with Crippen LogP contribution in [0.3, 0.4) is 0 Å². The maximum Gasteiger partial charge on any atom is 0.260 e. The second kappa shape index (κ2) is 4.59. The molecule has 18 heavy (non-hydrogen) atoms. The van der Waals surface area contributed by atoms with E-state index >= 15 is 0 Å². The molecule has 6 heteroatoms. The lowest BCUT2D eigenvalue weighted by atomic mass is 10.1. The Hall–Kier alpha value is -1.59. The molecular weight excluding hydrogens is 254 g/mol. The van der Waals surface area contributed by atoms with Gasteiger partial charge in [0.25, 0.3) is 5.89 Å². The minimum absolute atomic E-state index is 0.219. The summed E-state index contributed by atoms with van der Waals surface area (Å²) in [5, 5.41) is 4.57. The van der Waals surface area contributed by atoms with Gasteiger partial charge in [-0.1, -0.05) is 16.8 Å². The van der Waals surface area contributed by atoms with E-state index in [9.17, 15) is 0 Å². The summed E-state index contributed by atoms with van der Waals surface area (Å²) in [7, 11) is 0. The van der Waals surface area contributed by atoms with Gasteiger partial charge in [0.1, 0.15) is 0 Å². The molecule has 1 aromatic heterocycles. The molecule has 1 atom stereocenters. The van der Waals surface area contributed by atoms with Gasteiger partial charge in [-0.25, -0.2) is 0 Å². The minimum atomic E-state index is 0.219. The highest BCUT2D eigenvalue weighted by Gasteiger charge is 2.23. The Morgan fingerprint density at radius 2 is 2.28 bits per heavy atom. The number of nitrogen functional groups attached to an aromatic ring is 1. The van der Waals surface area contributed by atoms with Gasteiger partial charge in [0, 0.05) is 23.2 Å². The van der Waals surface area contributed by atoms with Crippen LogP contribution in [-0.4, -0.2) is 23.4 Å². The number of benzene rings is 1. The third kappa shape index (κ3) is 2.07.